The van der Waals surface area contributed by atoms with Gasteiger partial charge in [-0.25, -0.2) is 0 Å². The molecule has 0 aliphatic rings. The van der Waals surface area contributed by atoms with Gasteiger partial charge in [0.2, 0.25) is 0 Å². The topological polar surface area (TPSA) is 20.7 Å². The molecule has 0 atom stereocenters. The molecule has 0 unspecified atom stereocenters. The maximum atomic E-state index is 5.51. The molecule has 0 amide bonds. The zero-order valence-corrected chi connectivity index (χ0v) is 14.1. The van der Waals surface area contributed by atoms with Crippen LogP contribution in [0, 0.1) is 4.77 Å². The Balaban J connectivity index is 2.77. The number of nitrogens with zero attached hydrogens (tertiary/aromatic N) is 1. The van der Waals surface area contributed by atoms with Crippen LogP contribution in [0.5, 0.6) is 0 Å². The number of imidazole rings is 1. The van der Waals surface area contributed by atoms with Crippen LogP contribution in [-0.4, -0.2) is 9.55 Å². The highest BCUT2D eigenvalue weighted by molar-refractivity contribution is 7.71. The lowest BCUT2D eigenvalue weighted by atomic mass is 9.85. The summed E-state index contributed by atoms with van der Waals surface area (Å²) < 4.78 is 2.93. The van der Waals surface area contributed by atoms with Crippen molar-refractivity contribution in [2.24, 2.45) is 0 Å². The fraction of sp³-hybridized carbons (Fsp3) is 0.471. The Hall–Kier alpha value is -1.35. The number of H-pyrrole nitrogens is 1. The van der Waals surface area contributed by atoms with Gasteiger partial charge < -0.3 is 4.98 Å². The predicted molar refractivity (Wildman–Crippen MR) is 88.4 cm³/mol. The van der Waals surface area contributed by atoms with E-state index in [0.29, 0.717) is 0 Å². The Morgan fingerprint density at radius 2 is 1.55 bits per heavy atom. The zero-order valence-electron chi connectivity index (χ0n) is 13.2. The average Bonchev–Trinajstić information content (AvgIpc) is 2.69. The largest absolute Gasteiger partial charge is 0.337 e. The molecule has 0 bridgehead atoms. The van der Waals surface area contributed by atoms with Crippen molar-refractivity contribution in [3.63, 3.8) is 0 Å². The van der Waals surface area contributed by atoms with E-state index in [4.69, 9.17) is 12.2 Å². The smallest absolute Gasteiger partial charge is 0.182 e. The van der Waals surface area contributed by atoms with E-state index in [1.807, 2.05) is 6.20 Å². The van der Waals surface area contributed by atoms with E-state index in [1.165, 1.54) is 16.9 Å². The summed E-state index contributed by atoms with van der Waals surface area (Å²) in [7, 11) is 0. The van der Waals surface area contributed by atoms with Crippen LogP contribution in [-0.2, 0) is 10.8 Å². The summed E-state index contributed by atoms with van der Waals surface area (Å²) in [6.07, 6.45) is 2.03. The predicted octanol–water partition coefficient (Wildman–Crippen LogP) is 5.13. The second-order valence-electron chi connectivity index (χ2n) is 7.33. The first-order chi connectivity index (χ1) is 9.12. The lowest BCUT2D eigenvalue weighted by Gasteiger charge is -2.26. The molecule has 0 spiro atoms. The highest BCUT2D eigenvalue weighted by Gasteiger charge is 2.24. The molecule has 2 nitrogen and oxygen atoms in total. The number of aromatic amines is 1. The van der Waals surface area contributed by atoms with E-state index in [-0.39, 0.29) is 10.8 Å². The molecule has 2 aromatic rings. The number of nitrogens with one attached hydrogen (secondary N) is 1. The van der Waals surface area contributed by atoms with Gasteiger partial charge in [-0.05, 0) is 29.3 Å². The second-order valence-corrected chi connectivity index (χ2v) is 7.72. The van der Waals surface area contributed by atoms with E-state index in [2.05, 4.69) is 75.4 Å². The first kappa shape index (κ1) is 15.0. The minimum absolute atomic E-state index is 0.0402. The Morgan fingerprint density at radius 3 is 2.10 bits per heavy atom. The van der Waals surface area contributed by atoms with Gasteiger partial charge in [0.25, 0.3) is 0 Å². The highest BCUT2D eigenvalue weighted by atomic mass is 32.1. The second kappa shape index (κ2) is 4.88. The van der Waals surface area contributed by atoms with Crippen molar-refractivity contribution >= 4 is 12.2 Å². The van der Waals surface area contributed by atoms with Crippen LogP contribution < -0.4 is 0 Å². The minimum Gasteiger partial charge on any atom is -0.337 e. The van der Waals surface area contributed by atoms with E-state index in [1.54, 1.807) is 0 Å². The molecular weight excluding hydrogens is 264 g/mol. The first-order valence-electron chi connectivity index (χ1n) is 7.03. The molecule has 0 radical (unpaired) electrons. The Labute approximate surface area is 126 Å². The van der Waals surface area contributed by atoms with Crippen molar-refractivity contribution in [2.75, 3.05) is 0 Å². The fourth-order valence-corrected chi connectivity index (χ4v) is 2.72. The summed E-state index contributed by atoms with van der Waals surface area (Å²) in [6.45, 7) is 13.3. The summed E-state index contributed by atoms with van der Waals surface area (Å²) in [4.78, 5) is 3.20. The van der Waals surface area contributed by atoms with Gasteiger partial charge in [-0.15, -0.1) is 0 Å². The van der Waals surface area contributed by atoms with Crippen molar-refractivity contribution in [1.82, 2.24) is 9.55 Å². The molecule has 20 heavy (non-hydrogen) atoms. The van der Waals surface area contributed by atoms with Crippen LogP contribution in [0.25, 0.3) is 5.69 Å². The zero-order chi connectivity index (χ0) is 15.1. The molecule has 0 saturated carbocycles. The van der Waals surface area contributed by atoms with Gasteiger partial charge in [-0.3, -0.25) is 4.57 Å². The van der Waals surface area contributed by atoms with Crippen molar-refractivity contribution in [3.05, 3.63) is 46.5 Å². The number of hydrogen-bond acceptors (Lipinski definition) is 1. The third-order valence-electron chi connectivity index (χ3n) is 3.50. The molecule has 0 fully saturated rings. The van der Waals surface area contributed by atoms with Gasteiger partial charge in [0.15, 0.2) is 4.77 Å². The van der Waals surface area contributed by atoms with Gasteiger partial charge in [-0.1, -0.05) is 59.7 Å². The Kier molecular flexibility index (Phi) is 3.67. The number of para-hydroxylation sites is 1. The third-order valence-corrected chi connectivity index (χ3v) is 3.80. The summed E-state index contributed by atoms with van der Waals surface area (Å²) in [6, 6.07) is 8.51. The molecule has 0 aliphatic carbocycles. The highest BCUT2D eigenvalue weighted by Crippen LogP contribution is 2.32. The molecule has 108 valence electrons. The lowest BCUT2D eigenvalue weighted by Crippen LogP contribution is -2.20. The van der Waals surface area contributed by atoms with E-state index in [9.17, 15) is 0 Å². The molecule has 2 rings (SSSR count). The van der Waals surface area contributed by atoms with E-state index in [0.717, 1.165) is 4.77 Å². The number of hydrogen-bond donors (Lipinski definition) is 1. The average molecular weight is 288 g/mol. The van der Waals surface area contributed by atoms with Gasteiger partial charge in [0.05, 0.1) is 5.69 Å². The molecule has 0 aliphatic heterocycles. The van der Waals surface area contributed by atoms with Gasteiger partial charge in [0, 0.05) is 17.3 Å². The van der Waals surface area contributed by atoms with Crippen LogP contribution in [0.15, 0.2) is 30.5 Å². The van der Waals surface area contributed by atoms with Crippen LogP contribution in [0.3, 0.4) is 0 Å². The van der Waals surface area contributed by atoms with Crippen LogP contribution in [0.2, 0.25) is 0 Å². The normalized spacial score (nSPS) is 12.7. The van der Waals surface area contributed by atoms with Gasteiger partial charge in [-0.2, -0.15) is 0 Å². The molecule has 1 heterocycles. The maximum Gasteiger partial charge on any atom is 0.182 e. The molecule has 3 heteroatoms. The molecule has 1 N–H and O–H groups in total. The van der Waals surface area contributed by atoms with Crippen molar-refractivity contribution in [2.45, 2.75) is 52.4 Å². The van der Waals surface area contributed by atoms with Crippen molar-refractivity contribution in [3.8, 4) is 5.69 Å². The molecule has 0 saturated heterocycles. The van der Waals surface area contributed by atoms with Gasteiger partial charge in [0.1, 0.15) is 0 Å². The van der Waals surface area contributed by atoms with E-state index < -0.39 is 0 Å². The molecule has 1 aromatic carbocycles. The number of aromatic nitrogens is 2. The summed E-state index contributed by atoms with van der Waals surface area (Å²) in [5, 5.41) is 0. The van der Waals surface area contributed by atoms with Crippen LogP contribution >= 0.6 is 12.2 Å². The number of benzene rings is 1. The molecular formula is C17H24N2S. The Bertz CT molecular complexity index is 663. The van der Waals surface area contributed by atoms with E-state index >= 15 is 0 Å². The SMILES string of the molecule is CC(C)(C)c1ccccc1-n1c(C(C)(C)C)c[nH]c1=S. The molecule has 1 aromatic heterocycles. The minimum atomic E-state index is 0.0402. The first-order valence-corrected chi connectivity index (χ1v) is 7.44. The summed E-state index contributed by atoms with van der Waals surface area (Å²) in [5.74, 6) is 0. The van der Waals surface area contributed by atoms with Crippen molar-refractivity contribution in [1.29, 1.82) is 0 Å². The standard InChI is InChI=1S/C17H24N2S/c1-16(2,3)12-9-7-8-10-13(12)19-14(17(4,5)6)11-18-15(19)20/h7-11H,1-6H3,(H,18,20). The maximum absolute atomic E-state index is 5.51. The summed E-state index contributed by atoms with van der Waals surface area (Å²) in [5.41, 5.74) is 3.81. The Morgan fingerprint density at radius 1 is 0.950 bits per heavy atom. The lowest BCUT2D eigenvalue weighted by molar-refractivity contribution is 0.547. The van der Waals surface area contributed by atoms with Crippen LogP contribution in [0.4, 0.5) is 0 Å². The number of rotatable bonds is 1. The summed E-state index contributed by atoms with van der Waals surface area (Å²) >= 11 is 5.51. The third kappa shape index (κ3) is 2.73. The fourth-order valence-electron chi connectivity index (χ4n) is 2.46. The monoisotopic (exact) mass is 288 g/mol. The van der Waals surface area contributed by atoms with Crippen molar-refractivity contribution < 1.29 is 0 Å². The van der Waals surface area contributed by atoms with Gasteiger partial charge >= 0.3 is 0 Å². The quantitative estimate of drug-likeness (QED) is 0.721. The van der Waals surface area contributed by atoms with Crippen LogP contribution in [0.1, 0.15) is 52.8 Å².